The van der Waals surface area contributed by atoms with Gasteiger partial charge in [0.2, 0.25) is 0 Å². The monoisotopic (exact) mass is 328 g/mol. The molecule has 0 aromatic heterocycles. The Morgan fingerprint density at radius 2 is 1.86 bits per heavy atom. The summed E-state index contributed by atoms with van der Waals surface area (Å²) in [6.45, 7) is 7.00. The van der Waals surface area contributed by atoms with Gasteiger partial charge in [-0.1, -0.05) is 27.2 Å². The molecule has 0 aromatic rings. The molecule has 2 aliphatic carbocycles. The zero-order chi connectivity index (χ0) is 16.8. The van der Waals surface area contributed by atoms with Gasteiger partial charge in [-0.2, -0.15) is 0 Å². The molecule has 0 bridgehead atoms. The molecule has 0 N–H and O–H groups in total. The Labute approximate surface area is 136 Å². The number of hydrogen-bond acceptors (Lipinski definition) is 2. The van der Waals surface area contributed by atoms with E-state index in [1.165, 1.54) is 19.3 Å². The van der Waals surface area contributed by atoms with Gasteiger partial charge in [0.1, 0.15) is 9.92 Å². The average Bonchev–Trinajstić information content (AvgIpc) is 3.12. The largest absolute Gasteiger partial charge is 0.272 e. The summed E-state index contributed by atoms with van der Waals surface area (Å²) in [5, 5.41) is 0. The fraction of sp³-hybridized carbons (Fsp3) is 0.941. The van der Waals surface area contributed by atoms with Crippen LogP contribution in [0.1, 0.15) is 59.3 Å². The highest BCUT2D eigenvalue weighted by atomic mass is 32.2. The Balaban J connectivity index is 1.99. The first-order valence-electron chi connectivity index (χ1n) is 8.47. The first kappa shape index (κ1) is 17.9. The minimum atomic E-state index is -2.54. The van der Waals surface area contributed by atoms with Crippen molar-refractivity contribution in [3.05, 3.63) is 0 Å². The molecule has 2 unspecified atom stereocenters. The highest BCUT2D eigenvalue weighted by Gasteiger charge is 2.59. The van der Waals surface area contributed by atoms with E-state index in [4.69, 9.17) is 0 Å². The van der Waals surface area contributed by atoms with Crippen LogP contribution in [0.3, 0.4) is 0 Å². The normalized spacial score (nSPS) is 34.5. The van der Waals surface area contributed by atoms with Crippen molar-refractivity contribution in [2.75, 3.05) is 20.4 Å². The number of amides is 1. The molecule has 2 fully saturated rings. The van der Waals surface area contributed by atoms with Crippen molar-refractivity contribution in [3.63, 3.8) is 0 Å². The highest BCUT2D eigenvalue weighted by Crippen LogP contribution is 2.64. The summed E-state index contributed by atoms with van der Waals surface area (Å²) in [6.07, 6.45) is 8.43. The van der Waals surface area contributed by atoms with Gasteiger partial charge in [0.05, 0.1) is 0 Å². The molecule has 1 spiro atoms. The molecule has 0 radical (unpaired) electrons. The zero-order valence-corrected chi connectivity index (χ0v) is 15.8. The molecule has 0 heterocycles. The number of nitrogens with zero attached hydrogens (tertiary/aromatic N) is 2. The standard InChI is InChI=1S/C17H32N2O2S/c1-7-16(2,3)13-8-10-17(11-9-13)12-14(17)15(20)18-22(6,21)19(4)5/h13-14H,7-12H2,1-6H3. The van der Waals surface area contributed by atoms with Gasteiger partial charge in [-0.05, 0) is 48.9 Å². The maximum absolute atomic E-state index is 12.4. The van der Waals surface area contributed by atoms with Crippen LogP contribution >= 0.6 is 0 Å². The summed E-state index contributed by atoms with van der Waals surface area (Å²) in [6, 6.07) is 0. The molecule has 2 atom stereocenters. The van der Waals surface area contributed by atoms with Crippen molar-refractivity contribution in [2.45, 2.75) is 59.3 Å². The number of carbonyl (C=O) groups is 1. The molecule has 128 valence electrons. The summed E-state index contributed by atoms with van der Waals surface area (Å²) in [5.41, 5.74) is 0.589. The van der Waals surface area contributed by atoms with Gasteiger partial charge >= 0.3 is 0 Å². The van der Waals surface area contributed by atoms with Crippen LogP contribution in [0.25, 0.3) is 0 Å². The van der Waals surface area contributed by atoms with Gasteiger partial charge in [-0.25, -0.2) is 8.51 Å². The van der Waals surface area contributed by atoms with Gasteiger partial charge in [0.15, 0.2) is 0 Å². The molecule has 2 saturated carbocycles. The second kappa shape index (κ2) is 5.90. The maximum Gasteiger partial charge on any atom is 0.258 e. The van der Waals surface area contributed by atoms with Gasteiger partial charge in [-0.3, -0.25) is 4.79 Å². The average molecular weight is 329 g/mol. The van der Waals surface area contributed by atoms with E-state index in [0.717, 1.165) is 25.2 Å². The summed E-state index contributed by atoms with van der Waals surface area (Å²) in [7, 11) is 0.879. The lowest BCUT2D eigenvalue weighted by atomic mass is 9.66. The molecule has 2 rings (SSSR count). The smallest absolute Gasteiger partial charge is 0.258 e. The molecular formula is C17H32N2O2S. The first-order chi connectivity index (χ1) is 10.0. The third kappa shape index (κ3) is 3.40. The van der Waals surface area contributed by atoms with E-state index in [2.05, 4.69) is 25.1 Å². The van der Waals surface area contributed by atoms with Crippen molar-refractivity contribution in [3.8, 4) is 0 Å². The van der Waals surface area contributed by atoms with Crippen LogP contribution in [0.15, 0.2) is 4.36 Å². The van der Waals surface area contributed by atoms with Crippen LogP contribution in [0.2, 0.25) is 0 Å². The zero-order valence-electron chi connectivity index (χ0n) is 15.0. The molecule has 0 saturated heterocycles. The van der Waals surface area contributed by atoms with Crippen molar-refractivity contribution in [1.82, 2.24) is 4.31 Å². The van der Waals surface area contributed by atoms with E-state index in [1.807, 2.05) is 0 Å². The minimum Gasteiger partial charge on any atom is -0.272 e. The molecular weight excluding hydrogens is 296 g/mol. The number of hydrogen-bond donors (Lipinski definition) is 0. The van der Waals surface area contributed by atoms with Crippen LogP contribution in [-0.4, -0.2) is 34.8 Å². The molecule has 1 amide bonds. The SMILES string of the molecule is CCC(C)(C)C1CCC2(CC1)CC2C(=O)N=S(C)(=O)N(C)C. The Bertz CT molecular complexity index is 551. The topological polar surface area (TPSA) is 49.7 Å². The van der Waals surface area contributed by atoms with E-state index < -0.39 is 9.92 Å². The van der Waals surface area contributed by atoms with E-state index in [9.17, 15) is 9.00 Å². The third-order valence-electron chi connectivity index (χ3n) is 6.42. The van der Waals surface area contributed by atoms with Gasteiger partial charge in [0, 0.05) is 26.3 Å². The Kier molecular flexibility index (Phi) is 4.80. The van der Waals surface area contributed by atoms with E-state index >= 15 is 0 Å². The lowest BCUT2D eigenvalue weighted by Gasteiger charge is -2.39. The molecule has 2 aliphatic rings. The van der Waals surface area contributed by atoms with Crippen LogP contribution < -0.4 is 0 Å². The van der Waals surface area contributed by atoms with E-state index in [1.54, 1.807) is 24.7 Å². The van der Waals surface area contributed by atoms with E-state index in [0.29, 0.717) is 5.41 Å². The van der Waals surface area contributed by atoms with Crippen molar-refractivity contribution in [1.29, 1.82) is 0 Å². The lowest BCUT2D eigenvalue weighted by Crippen LogP contribution is -2.29. The van der Waals surface area contributed by atoms with Crippen molar-refractivity contribution < 1.29 is 9.00 Å². The molecule has 22 heavy (non-hydrogen) atoms. The Hall–Kier alpha value is -0.420. The van der Waals surface area contributed by atoms with Crippen molar-refractivity contribution >= 4 is 15.8 Å². The fourth-order valence-electron chi connectivity index (χ4n) is 3.82. The van der Waals surface area contributed by atoms with Crippen LogP contribution in [-0.2, 0) is 14.7 Å². The highest BCUT2D eigenvalue weighted by molar-refractivity contribution is 7.90. The van der Waals surface area contributed by atoms with Crippen LogP contribution in [0.4, 0.5) is 0 Å². The summed E-state index contributed by atoms with van der Waals surface area (Å²) in [5.74, 6) is 0.668. The second-order valence-electron chi connectivity index (χ2n) is 8.24. The Morgan fingerprint density at radius 3 is 2.32 bits per heavy atom. The van der Waals surface area contributed by atoms with E-state index in [-0.39, 0.29) is 17.2 Å². The van der Waals surface area contributed by atoms with Crippen LogP contribution in [0.5, 0.6) is 0 Å². The molecule has 4 nitrogen and oxygen atoms in total. The molecule has 0 aromatic carbocycles. The minimum absolute atomic E-state index is 0.0268. The molecule has 5 heteroatoms. The predicted octanol–water partition coefficient (Wildman–Crippen LogP) is 3.72. The van der Waals surface area contributed by atoms with Crippen LogP contribution in [0, 0.1) is 22.7 Å². The van der Waals surface area contributed by atoms with Gasteiger partial charge < -0.3 is 0 Å². The molecule has 0 aliphatic heterocycles. The quantitative estimate of drug-likeness (QED) is 0.789. The van der Waals surface area contributed by atoms with Gasteiger partial charge in [-0.15, -0.1) is 4.36 Å². The lowest BCUT2D eigenvalue weighted by molar-refractivity contribution is -0.119. The predicted molar refractivity (Wildman–Crippen MR) is 91.8 cm³/mol. The number of rotatable bonds is 4. The first-order valence-corrected chi connectivity index (χ1v) is 10.4. The summed E-state index contributed by atoms with van der Waals surface area (Å²) < 4.78 is 17.8. The van der Waals surface area contributed by atoms with Gasteiger partial charge in [0.25, 0.3) is 5.91 Å². The summed E-state index contributed by atoms with van der Waals surface area (Å²) in [4.78, 5) is 12.4. The number of carbonyl (C=O) groups excluding carboxylic acids is 1. The third-order valence-corrected chi connectivity index (χ3v) is 8.30. The van der Waals surface area contributed by atoms with Crippen molar-refractivity contribution in [2.24, 2.45) is 27.0 Å². The summed E-state index contributed by atoms with van der Waals surface area (Å²) >= 11 is 0. The fourth-order valence-corrected chi connectivity index (χ4v) is 4.45. The Morgan fingerprint density at radius 1 is 1.32 bits per heavy atom. The maximum atomic E-state index is 12.4. The second-order valence-corrected chi connectivity index (χ2v) is 10.7.